The van der Waals surface area contributed by atoms with Crippen LogP contribution in [0.3, 0.4) is 0 Å². The van der Waals surface area contributed by atoms with Crippen molar-refractivity contribution in [1.29, 1.82) is 5.26 Å². The SMILES string of the molecule is CCN(CCC#N)c1c(F)cc(C=CC(=O)O)cc1F. The number of carboxylic acid groups (broad SMARTS) is 1. The summed E-state index contributed by atoms with van der Waals surface area (Å²) in [6.45, 7) is 2.32. The first-order valence-electron chi connectivity index (χ1n) is 6.01. The molecule has 0 saturated heterocycles. The zero-order valence-corrected chi connectivity index (χ0v) is 10.9. The van der Waals surface area contributed by atoms with Crippen molar-refractivity contribution < 1.29 is 18.7 Å². The van der Waals surface area contributed by atoms with Gasteiger partial charge < -0.3 is 10.0 Å². The highest BCUT2D eigenvalue weighted by Crippen LogP contribution is 2.25. The Morgan fingerprint density at radius 2 is 2.05 bits per heavy atom. The Morgan fingerprint density at radius 3 is 2.50 bits per heavy atom. The van der Waals surface area contributed by atoms with Gasteiger partial charge in [0, 0.05) is 19.2 Å². The summed E-state index contributed by atoms with van der Waals surface area (Å²) in [6, 6.07) is 4.05. The number of hydrogen-bond acceptors (Lipinski definition) is 3. The van der Waals surface area contributed by atoms with Crippen LogP contribution >= 0.6 is 0 Å². The Morgan fingerprint density at radius 1 is 1.45 bits per heavy atom. The fourth-order valence-corrected chi connectivity index (χ4v) is 1.76. The summed E-state index contributed by atoms with van der Waals surface area (Å²) in [7, 11) is 0. The Labute approximate surface area is 115 Å². The van der Waals surface area contributed by atoms with Crippen LogP contribution in [0.2, 0.25) is 0 Å². The summed E-state index contributed by atoms with van der Waals surface area (Å²) < 4.78 is 27.9. The topological polar surface area (TPSA) is 64.3 Å². The number of carbonyl (C=O) groups is 1. The number of hydrogen-bond donors (Lipinski definition) is 1. The van der Waals surface area contributed by atoms with Gasteiger partial charge in [0.15, 0.2) is 0 Å². The van der Waals surface area contributed by atoms with Crippen molar-refractivity contribution >= 4 is 17.7 Å². The predicted octanol–water partition coefficient (Wildman–Crippen LogP) is 2.80. The Kier molecular flexibility index (Phi) is 5.66. The molecule has 0 spiro atoms. The van der Waals surface area contributed by atoms with Crippen LogP contribution in [0.5, 0.6) is 0 Å². The molecule has 0 aliphatic rings. The van der Waals surface area contributed by atoms with Crippen LogP contribution in [0.1, 0.15) is 18.9 Å². The largest absolute Gasteiger partial charge is 0.478 e. The van der Waals surface area contributed by atoms with Crippen LogP contribution in [0.25, 0.3) is 6.08 Å². The first kappa shape index (κ1) is 15.6. The molecular formula is C14H14F2N2O2. The summed E-state index contributed by atoms with van der Waals surface area (Å²) >= 11 is 0. The van der Waals surface area contributed by atoms with E-state index < -0.39 is 17.6 Å². The molecule has 1 rings (SSSR count). The van der Waals surface area contributed by atoms with E-state index in [1.54, 1.807) is 6.92 Å². The molecule has 4 nitrogen and oxygen atoms in total. The average molecular weight is 280 g/mol. The van der Waals surface area contributed by atoms with Gasteiger partial charge in [0.1, 0.15) is 17.3 Å². The van der Waals surface area contributed by atoms with E-state index in [0.29, 0.717) is 6.54 Å². The molecule has 0 aromatic heterocycles. The second kappa shape index (κ2) is 7.24. The molecule has 0 bridgehead atoms. The lowest BCUT2D eigenvalue weighted by Gasteiger charge is -2.23. The van der Waals surface area contributed by atoms with E-state index in [1.807, 2.05) is 6.07 Å². The standard InChI is InChI=1S/C14H14F2N2O2/c1-2-18(7-3-6-17)14-11(15)8-10(9-12(14)16)4-5-13(19)20/h4-5,8-9H,2-3,7H2,1H3,(H,19,20). The molecule has 1 N–H and O–H groups in total. The Hall–Kier alpha value is -2.42. The quantitative estimate of drug-likeness (QED) is 0.814. The van der Waals surface area contributed by atoms with E-state index in [4.69, 9.17) is 10.4 Å². The number of halogens is 2. The van der Waals surface area contributed by atoms with Gasteiger partial charge in [-0.15, -0.1) is 0 Å². The molecule has 0 amide bonds. The van der Waals surface area contributed by atoms with Crippen LogP contribution in [-0.4, -0.2) is 24.2 Å². The van der Waals surface area contributed by atoms with Gasteiger partial charge in [-0.25, -0.2) is 13.6 Å². The highest BCUT2D eigenvalue weighted by molar-refractivity contribution is 5.85. The minimum Gasteiger partial charge on any atom is -0.478 e. The molecule has 0 aliphatic carbocycles. The molecular weight excluding hydrogens is 266 g/mol. The normalized spacial score (nSPS) is 10.5. The third-order valence-corrected chi connectivity index (χ3v) is 2.65. The van der Waals surface area contributed by atoms with E-state index in [0.717, 1.165) is 24.3 Å². The summed E-state index contributed by atoms with van der Waals surface area (Å²) in [5.41, 5.74) is -0.0716. The number of anilines is 1. The molecule has 1 aromatic carbocycles. The second-order valence-electron chi connectivity index (χ2n) is 3.99. The van der Waals surface area contributed by atoms with Crippen LogP contribution in [0.15, 0.2) is 18.2 Å². The first-order valence-corrected chi connectivity index (χ1v) is 6.01. The molecule has 0 fully saturated rings. The van der Waals surface area contributed by atoms with Crippen LogP contribution < -0.4 is 4.90 Å². The third-order valence-electron chi connectivity index (χ3n) is 2.65. The molecule has 0 atom stereocenters. The van der Waals surface area contributed by atoms with Crippen molar-refractivity contribution in [3.8, 4) is 6.07 Å². The van der Waals surface area contributed by atoms with Crippen molar-refractivity contribution in [3.63, 3.8) is 0 Å². The van der Waals surface area contributed by atoms with Gasteiger partial charge in [-0.1, -0.05) is 0 Å². The zero-order valence-electron chi connectivity index (χ0n) is 10.9. The molecule has 0 radical (unpaired) electrons. The van der Waals surface area contributed by atoms with Gasteiger partial charge in [-0.3, -0.25) is 0 Å². The van der Waals surface area contributed by atoms with Crippen LogP contribution in [-0.2, 0) is 4.79 Å². The number of carboxylic acids is 1. The maximum Gasteiger partial charge on any atom is 0.328 e. The fourth-order valence-electron chi connectivity index (χ4n) is 1.76. The van der Waals surface area contributed by atoms with E-state index >= 15 is 0 Å². The molecule has 6 heteroatoms. The number of nitriles is 1. The molecule has 1 aromatic rings. The molecule has 0 aliphatic heterocycles. The Balaban J connectivity index is 3.10. The van der Waals surface area contributed by atoms with Gasteiger partial charge in [0.2, 0.25) is 0 Å². The number of rotatable bonds is 6. The maximum atomic E-state index is 14.0. The summed E-state index contributed by atoms with van der Waals surface area (Å²) in [5, 5.41) is 17.0. The van der Waals surface area contributed by atoms with E-state index in [1.165, 1.54) is 4.90 Å². The van der Waals surface area contributed by atoms with Crippen molar-refractivity contribution in [3.05, 3.63) is 35.4 Å². The van der Waals surface area contributed by atoms with Crippen molar-refractivity contribution in [1.82, 2.24) is 0 Å². The van der Waals surface area contributed by atoms with Gasteiger partial charge >= 0.3 is 5.97 Å². The highest BCUT2D eigenvalue weighted by Gasteiger charge is 2.16. The molecule has 20 heavy (non-hydrogen) atoms. The second-order valence-corrected chi connectivity index (χ2v) is 3.99. The van der Waals surface area contributed by atoms with Gasteiger partial charge in [0.05, 0.1) is 12.5 Å². The smallest absolute Gasteiger partial charge is 0.328 e. The van der Waals surface area contributed by atoms with E-state index in [2.05, 4.69) is 0 Å². The van der Waals surface area contributed by atoms with E-state index in [9.17, 15) is 13.6 Å². The van der Waals surface area contributed by atoms with Crippen molar-refractivity contribution in [2.24, 2.45) is 0 Å². The highest BCUT2D eigenvalue weighted by atomic mass is 19.1. The van der Waals surface area contributed by atoms with Crippen molar-refractivity contribution in [2.75, 3.05) is 18.0 Å². The zero-order chi connectivity index (χ0) is 15.1. The van der Waals surface area contributed by atoms with Gasteiger partial charge in [-0.2, -0.15) is 5.26 Å². The van der Waals surface area contributed by atoms with Crippen molar-refractivity contribution in [2.45, 2.75) is 13.3 Å². The predicted molar refractivity (Wildman–Crippen MR) is 71.1 cm³/mol. The van der Waals surface area contributed by atoms with E-state index in [-0.39, 0.29) is 24.2 Å². The maximum absolute atomic E-state index is 14.0. The number of benzene rings is 1. The lowest BCUT2D eigenvalue weighted by Crippen LogP contribution is -2.26. The molecule has 0 saturated carbocycles. The van der Waals surface area contributed by atoms with Crippen LogP contribution in [0.4, 0.5) is 14.5 Å². The molecule has 0 unspecified atom stereocenters. The van der Waals surface area contributed by atoms with Gasteiger partial charge in [0.25, 0.3) is 0 Å². The monoisotopic (exact) mass is 280 g/mol. The van der Waals surface area contributed by atoms with Crippen LogP contribution in [0, 0.1) is 23.0 Å². The minimum absolute atomic E-state index is 0.127. The lowest BCUT2D eigenvalue weighted by molar-refractivity contribution is -0.131. The minimum atomic E-state index is -1.20. The van der Waals surface area contributed by atoms with Gasteiger partial charge in [-0.05, 0) is 30.7 Å². The summed E-state index contributed by atoms with van der Waals surface area (Å²) in [4.78, 5) is 11.8. The number of nitrogens with zero attached hydrogens (tertiary/aromatic N) is 2. The molecule has 0 heterocycles. The fraction of sp³-hybridized carbons (Fsp3) is 0.286. The molecule has 106 valence electrons. The lowest BCUT2D eigenvalue weighted by atomic mass is 10.1. The summed E-state index contributed by atoms with van der Waals surface area (Å²) in [5.74, 6) is -2.76. The Bertz CT molecular complexity index is 542. The summed E-state index contributed by atoms with van der Waals surface area (Å²) in [6.07, 6.45) is 2.08. The third kappa shape index (κ3) is 4.05. The number of aliphatic carboxylic acids is 1. The first-order chi connectivity index (χ1) is 9.49. The average Bonchev–Trinajstić information content (AvgIpc) is 2.39.